The molecule has 0 bridgehead atoms. The minimum Gasteiger partial charge on any atom is -0.481 e. The molecule has 2 N–H and O–H groups in total. The molecule has 0 aliphatic carbocycles. The van der Waals surface area contributed by atoms with Crippen LogP contribution in [-0.4, -0.2) is 41.5 Å². The summed E-state index contributed by atoms with van der Waals surface area (Å²) in [5, 5.41) is 12.6. The van der Waals surface area contributed by atoms with E-state index in [1.54, 1.807) is 4.90 Å². The van der Waals surface area contributed by atoms with Gasteiger partial charge in [0, 0.05) is 19.6 Å². The van der Waals surface area contributed by atoms with E-state index in [0.29, 0.717) is 13.1 Å². The fraction of sp³-hybridized carbons (Fsp3) is 0.467. The highest BCUT2D eigenvalue weighted by atomic mass is 16.4. The van der Waals surface area contributed by atoms with Gasteiger partial charge in [0.2, 0.25) is 5.91 Å². The van der Waals surface area contributed by atoms with Crippen LogP contribution in [0.5, 0.6) is 0 Å². The first-order valence-electron chi connectivity index (χ1n) is 6.97. The molecule has 2 unspecified atom stereocenters. The van der Waals surface area contributed by atoms with Crippen LogP contribution in [0.1, 0.15) is 23.5 Å². The van der Waals surface area contributed by atoms with Gasteiger partial charge in [-0.2, -0.15) is 0 Å². The van der Waals surface area contributed by atoms with Crippen molar-refractivity contribution in [2.75, 3.05) is 19.6 Å². The van der Waals surface area contributed by atoms with Crippen molar-refractivity contribution in [3.05, 3.63) is 35.4 Å². The van der Waals surface area contributed by atoms with E-state index in [1.807, 2.05) is 24.3 Å². The van der Waals surface area contributed by atoms with Gasteiger partial charge in [-0.05, 0) is 24.1 Å². The van der Waals surface area contributed by atoms with Crippen LogP contribution in [0.3, 0.4) is 0 Å². The topological polar surface area (TPSA) is 69.6 Å². The van der Waals surface area contributed by atoms with Crippen LogP contribution in [-0.2, 0) is 16.1 Å². The molecule has 0 aromatic heterocycles. The average molecular weight is 274 g/mol. The number of carbonyl (C=O) groups excluding carboxylic acids is 1. The Bertz CT molecular complexity index is 538. The van der Waals surface area contributed by atoms with E-state index in [1.165, 1.54) is 0 Å². The Balaban J connectivity index is 1.86. The van der Waals surface area contributed by atoms with E-state index in [-0.39, 0.29) is 18.4 Å². The number of fused-ring (bicyclic) bond motifs is 1. The molecule has 1 amide bonds. The van der Waals surface area contributed by atoms with Crippen LogP contribution in [0.2, 0.25) is 0 Å². The van der Waals surface area contributed by atoms with Gasteiger partial charge in [-0.1, -0.05) is 24.3 Å². The smallest absolute Gasteiger partial charge is 0.312 e. The van der Waals surface area contributed by atoms with Crippen LogP contribution in [0.15, 0.2) is 24.3 Å². The number of hydrogen-bond acceptors (Lipinski definition) is 3. The molecular weight excluding hydrogens is 256 g/mol. The summed E-state index contributed by atoms with van der Waals surface area (Å²) in [6.07, 6.45) is 0.842. The highest BCUT2D eigenvalue weighted by Crippen LogP contribution is 2.29. The number of rotatable bonds is 2. The minimum atomic E-state index is -0.862. The molecule has 2 atom stereocenters. The van der Waals surface area contributed by atoms with Gasteiger partial charge >= 0.3 is 5.97 Å². The normalized spacial score (nSPS) is 25.3. The zero-order valence-corrected chi connectivity index (χ0v) is 11.2. The third-order valence-corrected chi connectivity index (χ3v) is 4.21. The Labute approximate surface area is 117 Å². The van der Waals surface area contributed by atoms with Crippen molar-refractivity contribution >= 4 is 11.9 Å². The number of aliphatic carboxylic acids is 1. The SMILES string of the molecule is O=C(O)C1CN(C(=O)C2CCNC2)Cc2ccccc21. The highest BCUT2D eigenvalue weighted by molar-refractivity contribution is 5.83. The van der Waals surface area contributed by atoms with Gasteiger partial charge in [0.1, 0.15) is 0 Å². The molecule has 1 saturated heterocycles. The summed E-state index contributed by atoms with van der Waals surface area (Å²) >= 11 is 0. The van der Waals surface area contributed by atoms with Crippen LogP contribution in [0, 0.1) is 5.92 Å². The molecule has 1 fully saturated rings. The maximum absolute atomic E-state index is 12.5. The Morgan fingerprint density at radius 3 is 2.80 bits per heavy atom. The van der Waals surface area contributed by atoms with Crippen molar-refractivity contribution in [2.45, 2.75) is 18.9 Å². The second-order valence-electron chi connectivity index (χ2n) is 5.50. The predicted molar refractivity (Wildman–Crippen MR) is 73.2 cm³/mol. The summed E-state index contributed by atoms with van der Waals surface area (Å²) in [6, 6.07) is 7.51. The van der Waals surface area contributed by atoms with Gasteiger partial charge < -0.3 is 15.3 Å². The summed E-state index contributed by atoms with van der Waals surface area (Å²) in [5.74, 6) is -1.40. The molecule has 20 heavy (non-hydrogen) atoms. The Morgan fingerprint density at radius 1 is 1.30 bits per heavy atom. The van der Waals surface area contributed by atoms with E-state index < -0.39 is 11.9 Å². The van der Waals surface area contributed by atoms with E-state index >= 15 is 0 Å². The highest BCUT2D eigenvalue weighted by Gasteiger charge is 2.35. The number of carboxylic acids is 1. The van der Waals surface area contributed by atoms with Gasteiger partial charge in [0.25, 0.3) is 0 Å². The lowest BCUT2D eigenvalue weighted by atomic mass is 9.89. The van der Waals surface area contributed by atoms with Crippen LogP contribution in [0.25, 0.3) is 0 Å². The first-order valence-corrected chi connectivity index (χ1v) is 6.97. The third-order valence-electron chi connectivity index (χ3n) is 4.21. The molecule has 2 heterocycles. The lowest BCUT2D eigenvalue weighted by Gasteiger charge is -2.34. The summed E-state index contributed by atoms with van der Waals surface area (Å²) in [4.78, 5) is 25.6. The second kappa shape index (κ2) is 5.25. The number of nitrogens with zero attached hydrogens (tertiary/aromatic N) is 1. The number of benzene rings is 1. The number of carbonyl (C=O) groups is 2. The molecule has 2 aliphatic rings. The lowest BCUT2D eigenvalue weighted by Crippen LogP contribution is -2.43. The molecule has 5 nitrogen and oxygen atoms in total. The van der Waals surface area contributed by atoms with Crippen molar-refractivity contribution in [3.8, 4) is 0 Å². The van der Waals surface area contributed by atoms with Crippen molar-refractivity contribution in [1.82, 2.24) is 10.2 Å². The standard InChI is InChI=1S/C15H18N2O3/c18-14(10-5-6-16-7-10)17-8-11-3-1-2-4-12(11)13(9-17)15(19)20/h1-4,10,13,16H,5-9H2,(H,19,20). The molecule has 1 aromatic rings. The molecule has 3 rings (SSSR count). The van der Waals surface area contributed by atoms with Gasteiger partial charge in [-0.15, -0.1) is 0 Å². The minimum absolute atomic E-state index is 0.00490. The van der Waals surface area contributed by atoms with Gasteiger partial charge in [0.15, 0.2) is 0 Å². The first-order chi connectivity index (χ1) is 9.66. The Morgan fingerprint density at radius 2 is 2.10 bits per heavy atom. The van der Waals surface area contributed by atoms with E-state index in [4.69, 9.17) is 0 Å². The predicted octanol–water partition coefficient (Wildman–Crippen LogP) is 0.807. The fourth-order valence-corrected chi connectivity index (χ4v) is 3.11. The Kier molecular flexibility index (Phi) is 3.44. The lowest BCUT2D eigenvalue weighted by molar-refractivity contribution is -0.142. The number of amides is 1. The van der Waals surface area contributed by atoms with E-state index in [2.05, 4.69) is 5.32 Å². The Hall–Kier alpha value is -1.88. The first kappa shape index (κ1) is 13.1. The largest absolute Gasteiger partial charge is 0.481 e. The molecule has 0 radical (unpaired) electrons. The summed E-state index contributed by atoms with van der Waals surface area (Å²) in [6.45, 7) is 2.37. The van der Waals surface area contributed by atoms with Crippen LogP contribution >= 0.6 is 0 Å². The molecule has 0 saturated carbocycles. The van der Waals surface area contributed by atoms with Gasteiger partial charge in [-0.25, -0.2) is 0 Å². The monoisotopic (exact) mass is 274 g/mol. The average Bonchev–Trinajstić information content (AvgIpc) is 2.99. The van der Waals surface area contributed by atoms with E-state index in [0.717, 1.165) is 24.1 Å². The van der Waals surface area contributed by atoms with Gasteiger partial charge in [0.05, 0.1) is 11.8 Å². The second-order valence-corrected chi connectivity index (χ2v) is 5.50. The summed E-state index contributed by atoms with van der Waals surface area (Å²) in [7, 11) is 0. The zero-order chi connectivity index (χ0) is 14.1. The molecule has 2 aliphatic heterocycles. The molecular formula is C15H18N2O3. The number of carboxylic acid groups (broad SMARTS) is 1. The molecule has 1 aromatic carbocycles. The van der Waals surface area contributed by atoms with Crippen LogP contribution in [0.4, 0.5) is 0 Å². The number of hydrogen-bond donors (Lipinski definition) is 2. The fourth-order valence-electron chi connectivity index (χ4n) is 3.11. The van der Waals surface area contributed by atoms with Crippen molar-refractivity contribution in [2.24, 2.45) is 5.92 Å². The molecule has 106 valence electrons. The molecule has 0 spiro atoms. The van der Waals surface area contributed by atoms with E-state index in [9.17, 15) is 14.7 Å². The van der Waals surface area contributed by atoms with Crippen LogP contribution < -0.4 is 5.32 Å². The maximum atomic E-state index is 12.5. The zero-order valence-electron chi connectivity index (χ0n) is 11.2. The van der Waals surface area contributed by atoms with Crippen molar-refractivity contribution < 1.29 is 14.7 Å². The van der Waals surface area contributed by atoms with Gasteiger partial charge in [-0.3, -0.25) is 9.59 Å². The van der Waals surface area contributed by atoms with Crippen molar-refractivity contribution in [1.29, 1.82) is 0 Å². The molecule has 5 heteroatoms. The summed E-state index contributed by atoms with van der Waals surface area (Å²) in [5.41, 5.74) is 1.79. The third kappa shape index (κ3) is 2.29. The summed E-state index contributed by atoms with van der Waals surface area (Å²) < 4.78 is 0. The number of nitrogens with one attached hydrogen (secondary N) is 1. The quantitative estimate of drug-likeness (QED) is 0.837. The van der Waals surface area contributed by atoms with Crippen molar-refractivity contribution in [3.63, 3.8) is 0 Å². The maximum Gasteiger partial charge on any atom is 0.312 e.